The summed E-state index contributed by atoms with van der Waals surface area (Å²) in [4.78, 5) is 28.2. The highest BCUT2D eigenvalue weighted by atomic mass is 32.2. The SMILES string of the molecule is COc1ccc(N(C)C(=O)C2(NC(=O)NS(=O)(=O)N(C)c3ccc(OC)cc3)CC2c2ccccc2)cc1. The van der Waals surface area contributed by atoms with Crippen molar-refractivity contribution in [1.29, 1.82) is 0 Å². The summed E-state index contributed by atoms with van der Waals surface area (Å²) in [6.07, 6.45) is 0.318. The fraction of sp³-hybridized carbons (Fsp3) is 0.259. The van der Waals surface area contributed by atoms with Crippen molar-refractivity contribution in [2.45, 2.75) is 17.9 Å². The second-order valence-corrected chi connectivity index (χ2v) is 10.6. The van der Waals surface area contributed by atoms with E-state index in [-0.39, 0.29) is 11.8 Å². The summed E-state index contributed by atoms with van der Waals surface area (Å²) in [5.74, 6) is 0.506. The maximum atomic E-state index is 13.8. The molecule has 1 fully saturated rings. The van der Waals surface area contributed by atoms with E-state index in [0.717, 1.165) is 9.87 Å². The van der Waals surface area contributed by atoms with Crippen molar-refractivity contribution < 1.29 is 27.5 Å². The molecule has 38 heavy (non-hydrogen) atoms. The largest absolute Gasteiger partial charge is 0.497 e. The number of carbonyl (C=O) groups excluding carboxylic acids is 2. The zero-order valence-electron chi connectivity index (χ0n) is 21.5. The second kappa shape index (κ2) is 10.6. The fourth-order valence-corrected chi connectivity index (χ4v) is 5.17. The van der Waals surface area contributed by atoms with Gasteiger partial charge in [0.1, 0.15) is 17.0 Å². The molecule has 200 valence electrons. The number of benzene rings is 3. The number of amides is 3. The Balaban J connectivity index is 1.55. The van der Waals surface area contributed by atoms with Crippen molar-refractivity contribution in [3.63, 3.8) is 0 Å². The monoisotopic (exact) mass is 538 g/mol. The minimum absolute atomic E-state index is 0.318. The molecule has 0 radical (unpaired) electrons. The van der Waals surface area contributed by atoms with E-state index < -0.39 is 21.8 Å². The van der Waals surface area contributed by atoms with Crippen LogP contribution in [0, 0.1) is 0 Å². The minimum atomic E-state index is -4.27. The Bertz CT molecular complexity index is 1400. The summed E-state index contributed by atoms with van der Waals surface area (Å²) >= 11 is 0. The maximum absolute atomic E-state index is 13.8. The van der Waals surface area contributed by atoms with Crippen LogP contribution in [0.4, 0.5) is 16.2 Å². The summed E-state index contributed by atoms with van der Waals surface area (Å²) in [7, 11) is 1.71. The molecule has 0 bridgehead atoms. The van der Waals surface area contributed by atoms with Crippen LogP contribution in [0.1, 0.15) is 17.9 Å². The number of rotatable bonds is 9. The smallest absolute Gasteiger partial charge is 0.330 e. The molecule has 0 heterocycles. The molecular weight excluding hydrogens is 508 g/mol. The summed E-state index contributed by atoms with van der Waals surface area (Å²) < 4.78 is 39.2. The highest BCUT2D eigenvalue weighted by Crippen LogP contribution is 2.52. The van der Waals surface area contributed by atoms with Crippen molar-refractivity contribution in [2.75, 3.05) is 37.5 Å². The van der Waals surface area contributed by atoms with Gasteiger partial charge in [0.05, 0.1) is 19.9 Å². The molecule has 4 rings (SSSR count). The van der Waals surface area contributed by atoms with E-state index in [1.807, 2.05) is 35.1 Å². The minimum Gasteiger partial charge on any atom is -0.497 e. The van der Waals surface area contributed by atoms with Crippen molar-refractivity contribution in [2.24, 2.45) is 0 Å². The van der Waals surface area contributed by atoms with Crippen LogP contribution in [0.3, 0.4) is 0 Å². The predicted molar refractivity (Wildman–Crippen MR) is 145 cm³/mol. The Hall–Kier alpha value is -4.25. The van der Waals surface area contributed by atoms with Gasteiger partial charge in [0, 0.05) is 25.7 Å². The van der Waals surface area contributed by atoms with Crippen molar-refractivity contribution in [3.8, 4) is 11.5 Å². The van der Waals surface area contributed by atoms with E-state index in [0.29, 0.717) is 29.3 Å². The van der Waals surface area contributed by atoms with Gasteiger partial charge in [0.2, 0.25) is 0 Å². The van der Waals surface area contributed by atoms with Crippen LogP contribution in [0.25, 0.3) is 0 Å². The summed E-state index contributed by atoms with van der Waals surface area (Å²) in [5, 5.41) is 2.68. The van der Waals surface area contributed by atoms with Gasteiger partial charge in [-0.15, -0.1) is 0 Å². The van der Waals surface area contributed by atoms with E-state index in [1.165, 1.54) is 19.1 Å². The van der Waals surface area contributed by atoms with Crippen LogP contribution in [-0.4, -0.2) is 54.2 Å². The number of nitrogens with one attached hydrogen (secondary N) is 2. The fourth-order valence-electron chi connectivity index (χ4n) is 4.35. The second-order valence-electron chi connectivity index (χ2n) is 8.93. The number of ether oxygens (including phenoxy) is 2. The van der Waals surface area contributed by atoms with Gasteiger partial charge >= 0.3 is 16.2 Å². The highest BCUT2D eigenvalue weighted by molar-refractivity contribution is 7.91. The molecule has 0 aliphatic heterocycles. The van der Waals surface area contributed by atoms with Crippen LogP contribution < -0.4 is 28.7 Å². The average molecular weight is 539 g/mol. The number of hydrogen-bond acceptors (Lipinski definition) is 6. The van der Waals surface area contributed by atoms with Crippen LogP contribution in [0.2, 0.25) is 0 Å². The third-order valence-electron chi connectivity index (χ3n) is 6.66. The number of methoxy groups -OCH3 is 2. The van der Waals surface area contributed by atoms with Gasteiger partial charge in [0.15, 0.2) is 0 Å². The molecule has 2 atom stereocenters. The average Bonchev–Trinajstić information content (AvgIpc) is 3.66. The first-order valence-corrected chi connectivity index (χ1v) is 13.3. The quantitative estimate of drug-likeness (QED) is 0.432. The zero-order valence-corrected chi connectivity index (χ0v) is 22.4. The van der Waals surface area contributed by atoms with Gasteiger partial charge in [-0.2, -0.15) is 8.42 Å². The molecule has 2 N–H and O–H groups in total. The van der Waals surface area contributed by atoms with Crippen LogP contribution in [0.5, 0.6) is 11.5 Å². The first kappa shape index (κ1) is 26.8. The molecule has 3 aromatic carbocycles. The Labute approximate surface area is 222 Å². The Morgan fingerprint density at radius 1 is 0.842 bits per heavy atom. The summed E-state index contributed by atoms with van der Waals surface area (Å²) in [6.45, 7) is 0. The Morgan fingerprint density at radius 3 is 1.89 bits per heavy atom. The number of carbonyl (C=O) groups is 2. The molecule has 10 nitrogen and oxygen atoms in total. The normalized spacial score (nSPS) is 18.2. The zero-order chi connectivity index (χ0) is 27.5. The van der Waals surface area contributed by atoms with Crippen LogP contribution >= 0.6 is 0 Å². The standard InChI is InChI=1S/C27H30N4O6S/c1-30(20-10-14-22(36-3)15-11-20)25(32)27(18-24(27)19-8-6-5-7-9-19)28-26(33)29-38(34,35)31(2)21-12-16-23(37-4)17-13-21/h5-17,24H,18H2,1-4H3,(H2,28,29,33). The first-order valence-electron chi connectivity index (χ1n) is 11.8. The van der Waals surface area contributed by atoms with Gasteiger partial charge < -0.3 is 19.7 Å². The third-order valence-corrected chi connectivity index (χ3v) is 8.04. The topological polar surface area (TPSA) is 117 Å². The van der Waals surface area contributed by atoms with E-state index in [9.17, 15) is 18.0 Å². The molecule has 1 saturated carbocycles. The van der Waals surface area contributed by atoms with Crippen LogP contribution in [-0.2, 0) is 15.0 Å². The molecule has 0 saturated heterocycles. The van der Waals surface area contributed by atoms with Gasteiger partial charge in [-0.1, -0.05) is 30.3 Å². The lowest BCUT2D eigenvalue weighted by molar-refractivity contribution is -0.121. The molecule has 3 aromatic rings. The molecular formula is C27H30N4O6S. The van der Waals surface area contributed by atoms with Gasteiger partial charge in [-0.05, 0) is 60.5 Å². The number of hydrogen-bond donors (Lipinski definition) is 2. The molecule has 1 aliphatic rings. The Morgan fingerprint density at radius 2 is 1.37 bits per heavy atom. The maximum Gasteiger partial charge on any atom is 0.330 e. The Kier molecular flexibility index (Phi) is 7.49. The van der Waals surface area contributed by atoms with E-state index in [1.54, 1.807) is 62.7 Å². The van der Waals surface area contributed by atoms with E-state index in [4.69, 9.17) is 9.47 Å². The van der Waals surface area contributed by atoms with Crippen molar-refractivity contribution in [3.05, 3.63) is 84.4 Å². The number of nitrogens with zero attached hydrogens (tertiary/aromatic N) is 2. The molecule has 3 amide bonds. The lowest BCUT2D eigenvalue weighted by atomic mass is 10.0. The first-order chi connectivity index (χ1) is 18.1. The number of anilines is 2. The predicted octanol–water partition coefficient (Wildman–Crippen LogP) is 3.27. The molecule has 0 spiro atoms. The molecule has 2 unspecified atom stereocenters. The van der Waals surface area contributed by atoms with E-state index in [2.05, 4.69) is 5.32 Å². The van der Waals surface area contributed by atoms with E-state index >= 15 is 0 Å². The van der Waals surface area contributed by atoms with Gasteiger partial charge in [-0.3, -0.25) is 9.10 Å². The molecule has 11 heteroatoms. The van der Waals surface area contributed by atoms with Gasteiger partial charge in [-0.25, -0.2) is 9.52 Å². The summed E-state index contributed by atoms with van der Waals surface area (Å²) in [5.41, 5.74) is 0.462. The van der Waals surface area contributed by atoms with Crippen LogP contribution in [0.15, 0.2) is 78.9 Å². The number of likely N-dealkylation sites (N-methyl/N-ethyl adjacent to an activating group) is 1. The lowest BCUT2D eigenvalue weighted by Crippen LogP contribution is -2.55. The number of urea groups is 1. The third kappa shape index (κ3) is 5.37. The van der Waals surface area contributed by atoms with Crippen molar-refractivity contribution >= 4 is 33.5 Å². The van der Waals surface area contributed by atoms with Crippen molar-refractivity contribution in [1.82, 2.24) is 10.0 Å². The lowest BCUT2D eigenvalue weighted by Gasteiger charge is -2.27. The molecule has 0 aromatic heterocycles. The highest BCUT2D eigenvalue weighted by Gasteiger charge is 2.63. The molecule has 1 aliphatic carbocycles. The summed E-state index contributed by atoms with van der Waals surface area (Å²) in [6, 6.07) is 21.6. The van der Waals surface area contributed by atoms with Gasteiger partial charge in [0.25, 0.3) is 5.91 Å².